The van der Waals surface area contributed by atoms with E-state index < -0.39 is 0 Å². The molecule has 0 aromatic carbocycles. The van der Waals surface area contributed by atoms with Crippen LogP contribution < -0.4 is 5.32 Å². The first kappa shape index (κ1) is 11.4. The van der Waals surface area contributed by atoms with Crippen LogP contribution in [0.5, 0.6) is 0 Å². The van der Waals surface area contributed by atoms with Crippen molar-refractivity contribution < 1.29 is 0 Å². The molecule has 0 bridgehead atoms. The van der Waals surface area contributed by atoms with Gasteiger partial charge >= 0.3 is 0 Å². The first-order chi connectivity index (χ1) is 7.38. The van der Waals surface area contributed by atoms with Crippen LogP contribution in [0.15, 0.2) is 0 Å². The van der Waals surface area contributed by atoms with Gasteiger partial charge in [-0.3, -0.25) is 0 Å². The van der Waals surface area contributed by atoms with Gasteiger partial charge in [-0.1, -0.05) is 19.8 Å². The monoisotopic (exact) mass is 210 g/mol. The lowest BCUT2D eigenvalue weighted by atomic mass is 10.0. The van der Waals surface area contributed by atoms with Crippen LogP contribution in [0, 0.1) is 0 Å². The van der Waals surface area contributed by atoms with Crippen molar-refractivity contribution in [2.24, 2.45) is 0 Å². The van der Waals surface area contributed by atoms with Gasteiger partial charge in [-0.2, -0.15) is 0 Å². The van der Waals surface area contributed by atoms with Gasteiger partial charge in [0.05, 0.1) is 0 Å². The van der Waals surface area contributed by atoms with Crippen LogP contribution in [0.3, 0.4) is 0 Å². The minimum Gasteiger partial charge on any atom is -0.311 e. The van der Waals surface area contributed by atoms with E-state index in [0.29, 0.717) is 0 Å². The lowest BCUT2D eigenvalue weighted by Crippen LogP contribution is -2.45. The molecular formula is C13H26N2. The zero-order chi connectivity index (χ0) is 10.5. The smallest absolute Gasteiger partial charge is 0.00940 e. The molecular weight excluding hydrogens is 184 g/mol. The van der Waals surface area contributed by atoms with Crippen LogP contribution >= 0.6 is 0 Å². The molecule has 88 valence electrons. The topological polar surface area (TPSA) is 15.3 Å². The van der Waals surface area contributed by atoms with Gasteiger partial charge in [0.2, 0.25) is 0 Å². The molecule has 2 heteroatoms. The minimum absolute atomic E-state index is 0.821. The average Bonchev–Trinajstić information content (AvgIpc) is 2.74. The normalized spacial score (nSPS) is 26.2. The second-order valence-electron chi connectivity index (χ2n) is 5.26. The molecule has 0 aromatic heterocycles. The first-order valence-corrected chi connectivity index (χ1v) is 6.87. The fraction of sp³-hybridized carbons (Fsp3) is 1.00. The maximum Gasteiger partial charge on any atom is 0.00940 e. The summed E-state index contributed by atoms with van der Waals surface area (Å²) in [6.45, 7) is 6.22. The van der Waals surface area contributed by atoms with E-state index in [2.05, 4.69) is 17.1 Å². The van der Waals surface area contributed by atoms with Crippen molar-refractivity contribution in [2.75, 3.05) is 19.6 Å². The Kier molecular flexibility index (Phi) is 4.45. The number of rotatable bonds is 4. The summed E-state index contributed by atoms with van der Waals surface area (Å²) >= 11 is 0. The fourth-order valence-corrected chi connectivity index (χ4v) is 3.07. The van der Waals surface area contributed by atoms with E-state index in [9.17, 15) is 0 Å². The third-order valence-corrected chi connectivity index (χ3v) is 3.95. The summed E-state index contributed by atoms with van der Waals surface area (Å²) in [5, 5.41) is 3.85. The predicted octanol–water partition coefficient (Wildman–Crippen LogP) is 2.39. The Balaban J connectivity index is 1.64. The third kappa shape index (κ3) is 3.46. The van der Waals surface area contributed by atoms with E-state index in [0.717, 1.165) is 12.1 Å². The van der Waals surface area contributed by atoms with Crippen molar-refractivity contribution in [3.63, 3.8) is 0 Å². The van der Waals surface area contributed by atoms with Crippen LogP contribution in [0.1, 0.15) is 51.9 Å². The quantitative estimate of drug-likeness (QED) is 0.766. The van der Waals surface area contributed by atoms with Gasteiger partial charge in [-0.15, -0.1) is 0 Å². The Hall–Kier alpha value is -0.0800. The van der Waals surface area contributed by atoms with Gasteiger partial charge in [0.15, 0.2) is 0 Å². The first-order valence-electron chi connectivity index (χ1n) is 6.87. The molecule has 1 saturated heterocycles. The highest BCUT2D eigenvalue weighted by atomic mass is 15.1. The average molecular weight is 210 g/mol. The van der Waals surface area contributed by atoms with E-state index in [1.54, 1.807) is 0 Å². The zero-order valence-corrected chi connectivity index (χ0v) is 10.2. The van der Waals surface area contributed by atoms with Crippen LogP contribution in [0.2, 0.25) is 0 Å². The Morgan fingerprint density at radius 1 is 1.00 bits per heavy atom. The van der Waals surface area contributed by atoms with Gasteiger partial charge in [-0.05, 0) is 51.7 Å². The molecule has 0 amide bonds. The van der Waals surface area contributed by atoms with Gasteiger partial charge in [0.1, 0.15) is 0 Å². The second-order valence-corrected chi connectivity index (χ2v) is 5.26. The molecule has 1 aliphatic heterocycles. The Labute approximate surface area is 94.4 Å². The summed E-state index contributed by atoms with van der Waals surface area (Å²) in [6, 6.07) is 1.67. The molecule has 2 aliphatic rings. The summed E-state index contributed by atoms with van der Waals surface area (Å²) in [5.41, 5.74) is 0. The van der Waals surface area contributed by atoms with E-state index in [-0.39, 0.29) is 0 Å². The highest BCUT2D eigenvalue weighted by Gasteiger charge is 2.22. The molecule has 2 fully saturated rings. The summed E-state index contributed by atoms with van der Waals surface area (Å²) in [6.07, 6.45) is 9.80. The Morgan fingerprint density at radius 2 is 1.60 bits per heavy atom. The largest absolute Gasteiger partial charge is 0.311 e. The molecule has 1 aliphatic carbocycles. The third-order valence-electron chi connectivity index (χ3n) is 3.95. The van der Waals surface area contributed by atoms with Crippen molar-refractivity contribution in [1.29, 1.82) is 0 Å². The molecule has 2 rings (SSSR count). The second kappa shape index (κ2) is 5.86. The van der Waals surface area contributed by atoms with E-state index in [4.69, 9.17) is 0 Å². The van der Waals surface area contributed by atoms with Crippen molar-refractivity contribution in [3.05, 3.63) is 0 Å². The standard InChI is InChI=1S/C13H26N2/c1-2-9-15-10-7-13(8-11-15)14-12-5-3-4-6-12/h12-14H,2-11H2,1H3. The van der Waals surface area contributed by atoms with E-state index in [1.807, 2.05) is 0 Å². The number of nitrogens with zero attached hydrogens (tertiary/aromatic N) is 1. The molecule has 0 spiro atoms. The molecule has 0 atom stereocenters. The Bertz CT molecular complexity index is 167. The Morgan fingerprint density at radius 3 is 2.20 bits per heavy atom. The van der Waals surface area contributed by atoms with Crippen LogP contribution in [-0.2, 0) is 0 Å². The number of hydrogen-bond acceptors (Lipinski definition) is 2. The highest BCUT2D eigenvalue weighted by molar-refractivity contribution is 4.82. The van der Waals surface area contributed by atoms with Crippen molar-refractivity contribution >= 4 is 0 Å². The van der Waals surface area contributed by atoms with Crippen molar-refractivity contribution in [1.82, 2.24) is 10.2 Å². The maximum absolute atomic E-state index is 3.85. The molecule has 1 heterocycles. The van der Waals surface area contributed by atoms with E-state index in [1.165, 1.54) is 64.6 Å². The SMILES string of the molecule is CCCN1CCC(NC2CCCC2)CC1. The maximum atomic E-state index is 3.85. The number of nitrogens with one attached hydrogen (secondary N) is 1. The van der Waals surface area contributed by atoms with Crippen LogP contribution in [0.25, 0.3) is 0 Å². The summed E-state index contributed by atoms with van der Waals surface area (Å²) in [5.74, 6) is 0. The van der Waals surface area contributed by atoms with Crippen LogP contribution in [-0.4, -0.2) is 36.6 Å². The van der Waals surface area contributed by atoms with Crippen molar-refractivity contribution in [2.45, 2.75) is 64.0 Å². The number of likely N-dealkylation sites (tertiary alicyclic amines) is 1. The number of hydrogen-bond donors (Lipinski definition) is 1. The van der Waals surface area contributed by atoms with Gasteiger partial charge in [-0.25, -0.2) is 0 Å². The summed E-state index contributed by atoms with van der Waals surface area (Å²) < 4.78 is 0. The molecule has 0 unspecified atom stereocenters. The molecule has 1 N–H and O–H groups in total. The fourth-order valence-electron chi connectivity index (χ4n) is 3.07. The van der Waals surface area contributed by atoms with Crippen molar-refractivity contribution in [3.8, 4) is 0 Å². The molecule has 0 radical (unpaired) electrons. The molecule has 2 nitrogen and oxygen atoms in total. The number of piperidine rings is 1. The van der Waals surface area contributed by atoms with E-state index >= 15 is 0 Å². The van der Waals surface area contributed by atoms with Gasteiger partial charge in [0, 0.05) is 12.1 Å². The lowest BCUT2D eigenvalue weighted by Gasteiger charge is -2.33. The van der Waals surface area contributed by atoms with Crippen LogP contribution in [0.4, 0.5) is 0 Å². The van der Waals surface area contributed by atoms with Gasteiger partial charge < -0.3 is 10.2 Å². The van der Waals surface area contributed by atoms with Gasteiger partial charge in [0.25, 0.3) is 0 Å². The zero-order valence-electron chi connectivity index (χ0n) is 10.2. The summed E-state index contributed by atoms with van der Waals surface area (Å²) in [7, 11) is 0. The summed E-state index contributed by atoms with van der Waals surface area (Å²) in [4.78, 5) is 2.62. The molecule has 0 aromatic rings. The minimum atomic E-state index is 0.821. The predicted molar refractivity (Wildman–Crippen MR) is 65.1 cm³/mol. The lowest BCUT2D eigenvalue weighted by molar-refractivity contribution is 0.191. The molecule has 15 heavy (non-hydrogen) atoms. The molecule has 1 saturated carbocycles. The highest BCUT2D eigenvalue weighted by Crippen LogP contribution is 2.20.